The number of carbonyl (C=O) groups is 1. The van der Waals surface area contributed by atoms with Gasteiger partial charge in [-0.05, 0) is 113 Å². The normalized spacial score (nSPS) is 21.4. The molecule has 6 unspecified atom stereocenters. The van der Waals surface area contributed by atoms with Crippen LogP contribution in [-0.4, -0.2) is 65.2 Å². The van der Waals surface area contributed by atoms with Crippen molar-refractivity contribution in [2.45, 2.75) is 82.3 Å². The standard InChI is InChI=1S/C62H66N2O8/c1-3-5-38-68-61(67)64(42-49-26-18-25-47-23-12-13-27-52(47)49)58-41-56(63-70-43-44-19-8-6-9-20-44)54-39-48(24-14-16-35-65)53(28-15-17-36-66)59-55-40-51(33-34-57(55)72-62(58,60(54)59)69-37-4-2)71-50-31-29-46(30-32-50)45-21-10-7-11-22-45/h3-4,6-13,18-23,25-27,29-34,39-40,48,53,58-60,65-66H,1-2,5,14-17,24,28,35-38,41-43H2. The fourth-order valence-corrected chi connectivity index (χ4v) is 11.2. The summed E-state index contributed by atoms with van der Waals surface area (Å²) in [6.45, 7) is 8.88. The van der Waals surface area contributed by atoms with Crippen molar-refractivity contribution in [3.8, 4) is 28.4 Å². The van der Waals surface area contributed by atoms with E-state index in [4.69, 9.17) is 28.9 Å². The highest BCUT2D eigenvalue weighted by Gasteiger charge is 2.65. The number of benzene rings is 6. The molecule has 1 saturated carbocycles. The molecule has 1 amide bonds. The summed E-state index contributed by atoms with van der Waals surface area (Å²) in [6, 6.07) is 47.9. The van der Waals surface area contributed by atoms with Crippen LogP contribution in [-0.2, 0) is 27.5 Å². The van der Waals surface area contributed by atoms with Crippen molar-refractivity contribution in [3.05, 3.63) is 199 Å². The average molecular weight is 967 g/mol. The number of carbonyl (C=O) groups excluding carboxylic acids is 1. The fraction of sp³-hybridized carbons (Fsp3) is 0.323. The Labute approximate surface area is 423 Å². The molecular formula is C62H66N2O8. The third kappa shape index (κ3) is 11.1. The molecule has 2 N–H and O–H groups in total. The maximum absolute atomic E-state index is 15.1. The molecule has 0 spiro atoms. The van der Waals surface area contributed by atoms with Gasteiger partial charge in [0.05, 0.1) is 31.4 Å². The Morgan fingerprint density at radius 3 is 2.25 bits per heavy atom. The Bertz CT molecular complexity index is 2820. The number of aliphatic hydroxyl groups excluding tert-OH is 2. The first kappa shape index (κ1) is 50.0. The molecule has 1 fully saturated rings. The highest BCUT2D eigenvalue weighted by atomic mass is 16.7. The third-order valence-corrected chi connectivity index (χ3v) is 14.5. The number of hydrogen-bond acceptors (Lipinski definition) is 9. The topological polar surface area (TPSA) is 119 Å². The lowest BCUT2D eigenvalue weighted by Crippen LogP contribution is -2.70. The van der Waals surface area contributed by atoms with Gasteiger partial charge in [-0.2, -0.15) is 0 Å². The minimum absolute atomic E-state index is 0.0232. The number of allylic oxidation sites excluding steroid dienone is 1. The smallest absolute Gasteiger partial charge is 0.410 e. The van der Waals surface area contributed by atoms with E-state index in [1.807, 2.05) is 91.0 Å². The minimum Gasteiger partial charge on any atom is -0.459 e. The van der Waals surface area contributed by atoms with E-state index in [-0.39, 0.29) is 63.8 Å². The van der Waals surface area contributed by atoms with E-state index in [9.17, 15) is 10.2 Å². The second-order valence-electron chi connectivity index (χ2n) is 19.0. The monoisotopic (exact) mass is 966 g/mol. The molecular weight excluding hydrogens is 901 g/mol. The Hall–Kier alpha value is -6.98. The number of hydrogen-bond donors (Lipinski definition) is 2. The van der Waals surface area contributed by atoms with Crippen molar-refractivity contribution in [1.82, 2.24) is 4.90 Å². The molecule has 6 atom stereocenters. The molecule has 6 aromatic carbocycles. The Kier molecular flexibility index (Phi) is 16.6. The molecule has 1 aliphatic heterocycles. The van der Waals surface area contributed by atoms with Crippen LogP contribution in [0.1, 0.15) is 74.0 Å². The van der Waals surface area contributed by atoms with E-state index in [2.05, 4.69) is 73.8 Å². The van der Waals surface area contributed by atoms with Gasteiger partial charge in [0.25, 0.3) is 0 Å². The number of rotatable bonds is 23. The maximum atomic E-state index is 15.1. The van der Waals surface area contributed by atoms with Crippen molar-refractivity contribution >= 4 is 22.6 Å². The molecule has 72 heavy (non-hydrogen) atoms. The molecule has 1 heterocycles. The summed E-state index contributed by atoms with van der Waals surface area (Å²) in [6.07, 6.45) is 10.5. The van der Waals surface area contributed by atoms with Gasteiger partial charge in [-0.15, -0.1) is 13.2 Å². The largest absolute Gasteiger partial charge is 0.459 e. The number of oxime groups is 1. The second-order valence-corrected chi connectivity index (χ2v) is 19.0. The summed E-state index contributed by atoms with van der Waals surface area (Å²) in [5.41, 5.74) is 6.73. The lowest BCUT2D eigenvalue weighted by Gasteiger charge is -2.59. The van der Waals surface area contributed by atoms with Crippen LogP contribution in [0.3, 0.4) is 0 Å². The summed E-state index contributed by atoms with van der Waals surface area (Å²) >= 11 is 0. The molecule has 10 heteroatoms. The first-order valence-corrected chi connectivity index (χ1v) is 25.5. The van der Waals surface area contributed by atoms with Gasteiger partial charge in [-0.1, -0.05) is 151 Å². The van der Waals surface area contributed by atoms with Gasteiger partial charge in [0, 0.05) is 31.1 Å². The van der Waals surface area contributed by atoms with E-state index < -0.39 is 23.8 Å². The van der Waals surface area contributed by atoms with Crippen LogP contribution in [0.4, 0.5) is 4.79 Å². The van der Waals surface area contributed by atoms with Crippen molar-refractivity contribution in [2.24, 2.45) is 22.9 Å². The van der Waals surface area contributed by atoms with Crippen LogP contribution in [0.5, 0.6) is 17.2 Å². The van der Waals surface area contributed by atoms with Crippen LogP contribution in [0.15, 0.2) is 188 Å². The number of amides is 1. The number of aliphatic hydroxyl groups is 2. The van der Waals surface area contributed by atoms with Crippen molar-refractivity contribution in [1.29, 1.82) is 0 Å². The molecule has 372 valence electrons. The van der Waals surface area contributed by atoms with E-state index in [0.29, 0.717) is 42.2 Å². The van der Waals surface area contributed by atoms with Crippen LogP contribution in [0.2, 0.25) is 0 Å². The van der Waals surface area contributed by atoms with E-state index >= 15 is 4.79 Å². The van der Waals surface area contributed by atoms with E-state index in [0.717, 1.165) is 69.8 Å². The fourth-order valence-electron chi connectivity index (χ4n) is 11.2. The van der Waals surface area contributed by atoms with Crippen LogP contribution >= 0.6 is 0 Å². The predicted molar refractivity (Wildman–Crippen MR) is 284 cm³/mol. The van der Waals surface area contributed by atoms with Crippen LogP contribution in [0.25, 0.3) is 21.9 Å². The highest BCUT2D eigenvalue weighted by molar-refractivity contribution is 6.03. The van der Waals surface area contributed by atoms with Gasteiger partial charge in [0.1, 0.15) is 29.9 Å². The molecule has 6 aromatic rings. The molecule has 3 aliphatic rings. The third-order valence-electron chi connectivity index (χ3n) is 14.5. The highest BCUT2D eigenvalue weighted by Crippen LogP contribution is 2.62. The van der Waals surface area contributed by atoms with Crippen molar-refractivity contribution in [2.75, 3.05) is 26.4 Å². The summed E-state index contributed by atoms with van der Waals surface area (Å²) < 4.78 is 27.7. The molecule has 2 aliphatic carbocycles. The van der Waals surface area contributed by atoms with Gasteiger partial charge in [-0.3, -0.25) is 4.90 Å². The maximum Gasteiger partial charge on any atom is 0.410 e. The van der Waals surface area contributed by atoms with Crippen LogP contribution < -0.4 is 9.47 Å². The van der Waals surface area contributed by atoms with E-state index in [1.165, 1.54) is 0 Å². The predicted octanol–water partition coefficient (Wildman–Crippen LogP) is 13.3. The second kappa shape index (κ2) is 24.0. The van der Waals surface area contributed by atoms with Gasteiger partial charge in [0.15, 0.2) is 0 Å². The van der Waals surface area contributed by atoms with Crippen LogP contribution in [0, 0.1) is 17.8 Å². The Morgan fingerprint density at radius 2 is 1.49 bits per heavy atom. The number of unbranched alkanes of at least 4 members (excludes halogenated alkanes) is 2. The van der Waals surface area contributed by atoms with Crippen molar-refractivity contribution < 1.29 is 38.8 Å². The SMILES string of the molecule is C=CCCOC(=O)N(Cc1cccc2ccccc12)C1CC(=NOCc2ccccc2)C2=CC(CCCCO)C(CCCCO)C3c4cc(Oc5ccc(-c6ccccc6)cc5)ccc4OC1(OCC=C)C23. The molecule has 10 nitrogen and oxygen atoms in total. The first-order chi connectivity index (χ1) is 35.4. The summed E-state index contributed by atoms with van der Waals surface area (Å²) in [5.74, 6) is -0.202. The number of nitrogens with zero attached hydrogens (tertiary/aromatic N) is 2. The molecule has 0 saturated heterocycles. The molecule has 0 bridgehead atoms. The van der Waals surface area contributed by atoms with Gasteiger partial charge in [0.2, 0.25) is 5.79 Å². The lowest BCUT2D eigenvalue weighted by atomic mass is 9.55. The zero-order valence-corrected chi connectivity index (χ0v) is 41.0. The number of fused-ring (bicyclic) bond motifs is 3. The Morgan fingerprint density at radius 1 is 0.778 bits per heavy atom. The van der Waals surface area contributed by atoms with Gasteiger partial charge >= 0.3 is 6.09 Å². The first-order valence-electron chi connectivity index (χ1n) is 25.5. The molecule has 0 radical (unpaired) electrons. The summed E-state index contributed by atoms with van der Waals surface area (Å²) in [4.78, 5) is 23.2. The molecule has 9 rings (SSSR count). The lowest BCUT2D eigenvalue weighted by molar-refractivity contribution is -0.256. The number of ether oxygens (including phenoxy) is 4. The van der Waals surface area contributed by atoms with Crippen molar-refractivity contribution in [3.63, 3.8) is 0 Å². The van der Waals surface area contributed by atoms with Gasteiger partial charge < -0.3 is 34.0 Å². The molecule has 0 aromatic heterocycles. The average Bonchev–Trinajstić information content (AvgIpc) is 3.41. The van der Waals surface area contributed by atoms with E-state index in [1.54, 1.807) is 17.1 Å². The Balaban J connectivity index is 1.23. The minimum atomic E-state index is -1.49. The summed E-state index contributed by atoms with van der Waals surface area (Å²) in [7, 11) is 0. The zero-order valence-electron chi connectivity index (χ0n) is 41.0. The zero-order chi connectivity index (χ0) is 49.7. The van der Waals surface area contributed by atoms with Gasteiger partial charge in [-0.25, -0.2) is 4.79 Å². The quantitative estimate of drug-likeness (QED) is 0.0370. The summed E-state index contributed by atoms with van der Waals surface area (Å²) in [5, 5.41) is 27.3.